The molecule has 0 radical (unpaired) electrons. The van der Waals surface area contributed by atoms with E-state index in [1.165, 1.54) is 30.5 Å². The molecule has 0 saturated carbocycles. The fraction of sp³-hybridized carbons (Fsp3) is 0.278. The maximum absolute atomic E-state index is 12.3. The fourth-order valence-electron chi connectivity index (χ4n) is 3.41. The van der Waals surface area contributed by atoms with Crippen LogP contribution in [0.2, 0.25) is 0 Å². The standard InChI is InChI=1S/C18H19N5O4S/c1-20(2)28(26,27)16-5-6-17-13(9-16)7-8-21(17)12-22-18-10-15(23(24)25)4-3-14(18)11-19-22/h3-6,9-11H,7-8,12H2,1-2H3. The van der Waals surface area contributed by atoms with Crippen LogP contribution in [-0.2, 0) is 23.1 Å². The van der Waals surface area contributed by atoms with Crippen LogP contribution in [0, 0.1) is 10.1 Å². The molecular formula is C18H19N5O4S. The van der Waals surface area contributed by atoms with Crippen molar-refractivity contribution in [1.29, 1.82) is 0 Å². The molecule has 0 unspecified atom stereocenters. The van der Waals surface area contributed by atoms with Gasteiger partial charge in [-0.15, -0.1) is 0 Å². The number of anilines is 1. The van der Waals surface area contributed by atoms with Gasteiger partial charge in [0, 0.05) is 43.8 Å². The molecule has 9 nitrogen and oxygen atoms in total. The van der Waals surface area contributed by atoms with Crippen LogP contribution in [0.15, 0.2) is 47.5 Å². The third kappa shape index (κ3) is 3.00. The molecule has 0 N–H and O–H groups in total. The summed E-state index contributed by atoms with van der Waals surface area (Å²) >= 11 is 0. The Morgan fingerprint density at radius 3 is 2.71 bits per heavy atom. The molecule has 2 aromatic carbocycles. The number of nitro benzene ring substituents is 1. The Labute approximate surface area is 162 Å². The highest BCUT2D eigenvalue weighted by molar-refractivity contribution is 7.89. The first-order chi connectivity index (χ1) is 13.3. The molecule has 3 aromatic rings. The summed E-state index contributed by atoms with van der Waals surface area (Å²) in [5.74, 6) is 0. The predicted molar refractivity (Wildman–Crippen MR) is 105 cm³/mol. The van der Waals surface area contributed by atoms with Crippen molar-refractivity contribution in [3.05, 3.63) is 58.3 Å². The van der Waals surface area contributed by atoms with Crippen molar-refractivity contribution in [2.24, 2.45) is 0 Å². The summed E-state index contributed by atoms with van der Waals surface area (Å²) in [5.41, 5.74) is 2.63. The van der Waals surface area contributed by atoms with Crippen molar-refractivity contribution in [3.63, 3.8) is 0 Å². The summed E-state index contributed by atoms with van der Waals surface area (Å²) < 4.78 is 27.6. The Bertz CT molecular complexity index is 1190. The first-order valence-electron chi connectivity index (χ1n) is 8.68. The molecule has 0 saturated heterocycles. The predicted octanol–water partition coefficient (Wildman–Crippen LogP) is 2.21. The second-order valence-electron chi connectivity index (χ2n) is 6.88. The zero-order valence-electron chi connectivity index (χ0n) is 15.4. The van der Waals surface area contributed by atoms with Crippen LogP contribution in [0.3, 0.4) is 0 Å². The van der Waals surface area contributed by atoms with Crippen LogP contribution in [0.5, 0.6) is 0 Å². The fourth-order valence-corrected chi connectivity index (χ4v) is 4.36. The van der Waals surface area contributed by atoms with E-state index in [4.69, 9.17) is 0 Å². The molecule has 10 heteroatoms. The maximum Gasteiger partial charge on any atom is 0.271 e. The van der Waals surface area contributed by atoms with E-state index >= 15 is 0 Å². The van der Waals surface area contributed by atoms with Gasteiger partial charge in [0.15, 0.2) is 0 Å². The molecule has 0 aliphatic carbocycles. The van der Waals surface area contributed by atoms with Gasteiger partial charge in [-0.1, -0.05) is 0 Å². The third-order valence-corrected chi connectivity index (χ3v) is 6.78. The van der Waals surface area contributed by atoms with Crippen molar-refractivity contribution in [2.75, 3.05) is 25.5 Å². The first kappa shape index (κ1) is 18.4. The van der Waals surface area contributed by atoms with Gasteiger partial charge >= 0.3 is 0 Å². The minimum atomic E-state index is -3.47. The third-order valence-electron chi connectivity index (χ3n) is 4.97. The molecule has 0 amide bonds. The average Bonchev–Trinajstić information content (AvgIpc) is 3.25. The lowest BCUT2D eigenvalue weighted by atomic mass is 10.2. The number of hydrogen-bond donors (Lipinski definition) is 0. The van der Waals surface area contributed by atoms with E-state index in [1.54, 1.807) is 29.1 Å². The molecule has 1 aliphatic rings. The van der Waals surface area contributed by atoms with Gasteiger partial charge in [-0.25, -0.2) is 17.4 Å². The zero-order valence-corrected chi connectivity index (χ0v) is 16.3. The summed E-state index contributed by atoms with van der Waals surface area (Å²) in [4.78, 5) is 13.0. The normalized spacial score (nSPS) is 14.0. The zero-order chi connectivity index (χ0) is 20.1. The largest absolute Gasteiger partial charge is 0.352 e. The molecule has 0 spiro atoms. The lowest BCUT2D eigenvalue weighted by Gasteiger charge is -2.20. The minimum absolute atomic E-state index is 0.0228. The Balaban J connectivity index is 1.65. The number of benzene rings is 2. The molecule has 0 fully saturated rings. The van der Waals surface area contributed by atoms with Crippen molar-refractivity contribution < 1.29 is 13.3 Å². The Kier molecular flexibility index (Phi) is 4.31. The smallest absolute Gasteiger partial charge is 0.271 e. The van der Waals surface area contributed by atoms with Crippen LogP contribution in [0.1, 0.15) is 5.56 Å². The molecule has 146 valence electrons. The van der Waals surface area contributed by atoms with E-state index < -0.39 is 14.9 Å². The van der Waals surface area contributed by atoms with Crippen LogP contribution in [0.25, 0.3) is 10.9 Å². The Morgan fingerprint density at radius 1 is 1.21 bits per heavy atom. The van der Waals surface area contributed by atoms with Crippen molar-refractivity contribution in [2.45, 2.75) is 18.0 Å². The van der Waals surface area contributed by atoms with E-state index in [0.29, 0.717) is 12.2 Å². The molecule has 0 bridgehead atoms. The highest BCUT2D eigenvalue weighted by atomic mass is 32.2. The van der Waals surface area contributed by atoms with Gasteiger partial charge in [-0.2, -0.15) is 5.10 Å². The van der Waals surface area contributed by atoms with Gasteiger partial charge in [0.1, 0.15) is 6.67 Å². The average molecular weight is 401 g/mol. The van der Waals surface area contributed by atoms with E-state index in [9.17, 15) is 18.5 Å². The Hall–Kier alpha value is -2.98. The maximum atomic E-state index is 12.3. The van der Waals surface area contributed by atoms with Gasteiger partial charge in [0.2, 0.25) is 10.0 Å². The van der Waals surface area contributed by atoms with Crippen LogP contribution >= 0.6 is 0 Å². The first-order valence-corrected chi connectivity index (χ1v) is 10.1. The van der Waals surface area contributed by atoms with Gasteiger partial charge < -0.3 is 4.90 Å². The SMILES string of the molecule is CN(C)S(=O)(=O)c1ccc2c(c1)CCN2Cn1ncc2ccc([N+](=O)[O-])cc21. The van der Waals surface area contributed by atoms with Crippen molar-refractivity contribution in [1.82, 2.24) is 14.1 Å². The topological polar surface area (TPSA) is 102 Å². The van der Waals surface area contributed by atoms with E-state index in [2.05, 4.69) is 10.00 Å². The van der Waals surface area contributed by atoms with Gasteiger partial charge in [0.25, 0.3) is 5.69 Å². The van der Waals surface area contributed by atoms with E-state index in [0.717, 1.165) is 29.6 Å². The molecular weight excluding hydrogens is 382 g/mol. The van der Waals surface area contributed by atoms with Gasteiger partial charge in [0.05, 0.1) is 21.5 Å². The Morgan fingerprint density at radius 2 is 2.00 bits per heavy atom. The summed E-state index contributed by atoms with van der Waals surface area (Å²) in [6.07, 6.45) is 2.41. The lowest BCUT2D eigenvalue weighted by molar-refractivity contribution is -0.384. The number of fused-ring (bicyclic) bond motifs is 2. The number of sulfonamides is 1. The summed E-state index contributed by atoms with van der Waals surface area (Å²) in [6, 6.07) is 9.81. The second kappa shape index (κ2) is 6.57. The number of nitrogens with zero attached hydrogens (tertiary/aromatic N) is 5. The van der Waals surface area contributed by atoms with Crippen LogP contribution < -0.4 is 4.90 Å². The molecule has 1 aromatic heterocycles. The molecule has 2 heterocycles. The van der Waals surface area contributed by atoms with Gasteiger partial charge in [-0.3, -0.25) is 10.1 Å². The number of hydrogen-bond acceptors (Lipinski definition) is 6. The number of non-ortho nitro benzene ring substituents is 1. The van der Waals surface area contributed by atoms with Gasteiger partial charge in [-0.05, 0) is 36.2 Å². The molecule has 28 heavy (non-hydrogen) atoms. The van der Waals surface area contributed by atoms with Crippen LogP contribution in [-0.4, -0.2) is 48.1 Å². The second-order valence-corrected chi connectivity index (χ2v) is 9.03. The van der Waals surface area contributed by atoms with Crippen molar-refractivity contribution >= 4 is 32.3 Å². The summed E-state index contributed by atoms with van der Waals surface area (Å²) in [5, 5.41) is 16.3. The monoisotopic (exact) mass is 401 g/mol. The summed E-state index contributed by atoms with van der Waals surface area (Å²) in [7, 11) is -0.453. The summed E-state index contributed by atoms with van der Waals surface area (Å²) in [6.45, 7) is 1.15. The number of rotatable bonds is 5. The van der Waals surface area contributed by atoms with Crippen molar-refractivity contribution in [3.8, 4) is 0 Å². The molecule has 0 atom stereocenters. The van der Waals surface area contributed by atoms with E-state index in [-0.39, 0.29) is 10.6 Å². The number of nitro groups is 1. The van der Waals surface area contributed by atoms with E-state index in [1.807, 2.05) is 6.07 Å². The molecule has 4 rings (SSSR count). The molecule has 1 aliphatic heterocycles. The lowest BCUT2D eigenvalue weighted by Crippen LogP contribution is -2.24. The number of aromatic nitrogens is 2. The highest BCUT2D eigenvalue weighted by Gasteiger charge is 2.24. The van der Waals surface area contributed by atoms with Crippen LogP contribution in [0.4, 0.5) is 11.4 Å². The minimum Gasteiger partial charge on any atom is -0.352 e. The quantitative estimate of drug-likeness (QED) is 0.480. The highest BCUT2D eigenvalue weighted by Crippen LogP contribution is 2.32.